The standard InChI is InChI=1S/C32H36O5S2/c1-32(2)12-6-9-27(32)30-22(19-38-31(30)21-14-24(35-3)16-25(15-21)36-4)18-37-23-8-5-7-20(13-23)28(17-29(33)34)39-26-10-11-26/h5,7-9,13-16,19,26,28H,6,10-12,17-18H2,1-4H3,(H,33,34). The van der Waals surface area contributed by atoms with Gasteiger partial charge in [0.05, 0.1) is 20.6 Å². The molecule has 1 N–H and O–H groups in total. The van der Waals surface area contributed by atoms with Gasteiger partial charge in [-0.3, -0.25) is 4.79 Å². The molecule has 1 atom stereocenters. The van der Waals surface area contributed by atoms with E-state index >= 15 is 0 Å². The molecule has 2 aliphatic carbocycles. The predicted molar refractivity (Wildman–Crippen MR) is 160 cm³/mol. The van der Waals surface area contributed by atoms with Gasteiger partial charge in [0.25, 0.3) is 0 Å². The number of carboxylic acids is 1. The van der Waals surface area contributed by atoms with Crippen molar-refractivity contribution in [2.24, 2.45) is 5.41 Å². The van der Waals surface area contributed by atoms with E-state index in [1.54, 1.807) is 37.3 Å². The van der Waals surface area contributed by atoms with E-state index in [4.69, 9.17) is 14.2 Å². The molecule has 5 nitrogen and oxygen atoms in total. The van der Waals surface area contributed by atoms with E-state index in [1.165, 1.54) is 28.9 Å². The fourth-order valence-electron chi connectivity index (χ4n) is 5.18. The minimum atomic E-state index is -0.767. The number of hydrogen-bond donors (Lipinski definition) is 1. The number of aliphatic carboxylic acids is 1. The van der Waals surface area contributed by atoms with Crippen LogP contribution in [-0.2, 0) is 11.4 Å². The first kappa shape index (κ1) is 27.7. The summed E-state index contributed by atoms with van der Waals surface area (Å²) in [5.74, 6) is 1.52. The normalized spacial score (nSPS) is 17.0. The molecule has 39 heavy (non-hydrogen) atoms. The summed E-state index contributed by atoms with van der Waals surface area (Å²) >= 11 is 3.50. The van der Waals surface area contributed by atoms with Gasteiger partial charge in [-0.15, -0.1) is 23.1 Å². The monoisotopic (exact) mass is 564 g/mol. The average Bonchev–Trinajstić information content (AvgIpc) is 3.54. The van der Waals surface area contributed by atoms with E-state index < -0.39 is 5.97 Å². The first-order valence-corrected chi connectivity index (χ1v) is 15.2. The van der Waals surface area contributed by atoms with Crippen molar-refractivity contribution in [2.75, 3.05) is 14.2 Å². The zero-order valence-corrected chi connectivity index (χ0v) is 24.6. The summed E-state index contributed by atoms with van der Waals surface area (Å²) in [6.45, 7) is 5.06. The number of ether oxygens (including phenoxy) is 3. The maximum Gasteiger partial charge on any atom is 0.304 e. The molecule has 0 radical (unpaired) electrons. The van der Waals surface area contributed by atoms with Crippen LogP contribution in [0.4, 0.5) is 0 Å². The summed E-state index contributed by atoms with van der Waals surface area (Å²) in [6, 6.07) is 14.0. The maximum atomic E-state index is 11.5. The quantitative estimate of drug-likeness (QED) is 0.238. The Hall–Kier alpha value is -2.90. The molecule has 2 aromatic carbocycles. The predicted octanol–water partition coefficient (Wildman–Crippen LogP) is 8.63. The third-order valence-corrected chi connectivity index (χ3v) is 10.2. The Kier molecular flexibility index (Phi) is 8.29. The van der Waals surface area contributed by atoms with Gasteiger partial charge in [0.1, 0.15) is 23.9 Å². The second-order valence-corrected chi connectivity index (χ2v) is 13.3. The molecule has 7 heteroatoms. The van der Waals surface area contributed by atoms with Gasteiger partial charge in [0, 0.05) is 32.6 Å². The SMILES string of the molecule is COc1cc(OC)cc(-c2scc(COc3cccc(C(CC(=O)O)SC4CC4)c3)c2C2=CCCC2(C)C)c1. The summed E-state index contributed by atoms with van der Waals surface area (Å²) < 4.78 is 17.5. The largest absolute Gasteiger partial charge is 0.497 e. The fourth-order valence-corrected chi connectivity index (χ4v) is 7.65. The van der Waals surface area contributed by atoms with Crippen molar-refractivity contribution in [1.29, 1.82) is 0 Å². The molecule has 1 saturated carbocycles. The molecule has 0 saturated heterocycles. The van der Waals surface area contributed by atoms with Crippen molar-refractivity contribution in [2.45, 2.75) is 63.1 Å². The summed E-state index contributed by atoms with van der Waals surface area (Å²) in [4.78, 5) is 12.7. The number of hydrogen-bond acceptors (Lipinski definition) is 6. The molecule has 206 valence electrons. The number of benzene rings is 2. The molecule has 0 bridgehead atoms. The van der Waals surface area contributed by atoms with Gasteiger partial charge in [-0.25, -0.2) is 0 Å². The van der Waals surface area contributed by atoms with Crippen LogP contribution in [-0.4, -0.2) is 30.5 Å². The Morgan fingerprint density at radius 2 is 1.85 bits per heavy atom. The van der Waals surface area contributed by atoms with Gasteiger partial charge in [-0.05, 0) is 77.4 Å². The number of thioether (sulfide) groups is 1. The number of carbonyl (C=O) groups is 1. The van der Waals surface area contributed by atoms with Crippen molar-refractivity contribution in [3.8, 4) is 27.7 Å². The lowest BCUT2D eigenvalue weighted by molar-refractivity contribution is -0.137. The molecule has 1 fully saturated rings. The second kappa shape index (κ2) is 11.7. The molecule has 0 amide bonds. The van der Waals surface area contributed by atoms with Crippen molar-refractivity contribution >= 4 is 34.6 Å². The van der Waals surface area contributed by atoms with Crippen LogP contribution in [0.2, 0.25) is 0 Å². The third-order valence-electron chi connectivity index (χ3n) is 7.46. The van der Waals surface area contributed by atoms with Crippen LogP contribution in [0.15, 0.2) is 53.9 Å². The van der Waals surface area contributed by atoms with E-state index in [2.05, 4.69) is 37.4 Å². The maximum absolute atomic E-state index is 11.5. The molecular formula is C32H36O5S2. The Morgan fingerprint density at radius 1 is 1.10 bits per heavy atom. The summed E-state index contributed by atoms with van der Waals surface area (Å²) in [6.07, 6.45) is 7.02. The topological polar surface area (TPSA) is 65.0 Å². The molecular weight excluding hydrogens is 528 g/mol. The Morgan fingerprint density at radius 3 is 2.46 bits per heavy atom. The first-order valence-electron chi connectivity index (χ1n) is 13.4. The number of thiophene rings is 1. The first-order chi connectivity index (χ1) is 18.8. The van der Waals surface area contributed by atoms with Crippen LogP contribution in [0.3, 0.4) is 0 Å². The summed E-state index contributed by atoms with van der Waals surface area (Å²) in [5, 5.41) is 12.2. The lowest BCUT2D eigenvalue weighted by Gasteiger charge is -2.25. The molecule has 1 unspecified atom stereocenters. The Bertz CT molecular complexity index is 1350. The minimum absolute atomic E-state index is 0.0608. The highest BCUT2D eigenvalue weighted by Gasteiger charge is 2.33. The van der Waals surface area contributed by atoms with Gasteiger partial charge in [0.15, 0.2) is 0 Å². The molecule has 2 aliphatic rings. The van der Waals surface area contributed by atoms with Crippen LogP contribution in [0.1, 0.15) is 67.9 Å². The summed E-state index contributed by atoms with van der Waals surface area (Å²) in [7, 11) is 3.35. The lowest BCUT2D eigenvalue weighted by atomic mass is 9.80. The van der Waals surface area contributed by atoms with Crippen molar-refractivity contribution in [3.63, 3.8) is 0 Å². The van der Waals surface area contributed by atoms with Crippen LogP contribution < -0.4 is 14.2 Å². The smallest absolute Gasteiger partial charge is 0.304 e. The molecule has 0 spiro atoms. The Balaban J connectivity index is 1.45. The van der Waals surface area contributed by atoms with Gasteiger partial charge >= 0.3 is 5.97 Å². The van der Waals surface area contributed by atoms with Gasteiger partial charge in [-0.2, -0.15) is 0 Å². The number of allylic oxidation sites excluding steroid dienone is 2. The number of rotatable bonds is 12. The van der Waals surface area contributed by atoms with Gasteiger partial charge in [0.2, 0.25) is 0 Å². The molecule has 1 aromatic heterocycles. The fraction of sp³-hybridized carbons (Fsp3) is 0.406. The molecule has 1 heterocycles. The third kappa shape index (κ3) is 6.47. The Labute approximate surface area is 239 Å². The van der Waals surface area contributed by atoms with Crippen LogP contribution in [0.25, 0.3) is 16.0 Å². The zero-order valence-electron chi connectivity index (χ0n) is 23.0. The van der Waals surface area contributed by atoms with E-state index in [1.807, 2.05) is 30.3 Å². The van der Waals surface area contributed by atoms with Gasteiger partial charge in [-0.1, -0.05) is 32.1 Å². The minimum Gasteiger partial charge on any atom is -0.497 e. The van der Waals surface area contributed by atoms with E-state index in [0.29, 0.717) is 11.9 Å². The number of methoxy groups -OCH3 is 2. The highest BCUT2D eigenvalue weighted by molar-refractivity contribution is 8.00. The van der Waals surface area contributed by atoms with Gasteiger partial charge < -0.3 is 19.3 Å². The average molecular weight is 565 g/mol. The van der Waals surface area contributed by atoms with Crippen LogP contribution in [0, 0.1) is 5.41 Å². The molecule has 5 rings (SSSR count). The highest BCUT2D eigenvalue weighted by Crippen LogP contribution is 2.51. The lowest BCUT2D eigenvalue weighted by Crippen LogP contribution is -2.11. The van der Waals surface area contributed by atoms with E-state index in [0.717, 1.165) is 46.8 Å². The van der Waals surface area contributed by atoms with Crippen LogP contribution >= 0.6 is 23.1 Å². The van der Waals surface area contributed by atoms with Crippen LogP contribution in [0.5, 0.6) is 17.2 Å². The highest BCUT2D eigenvalue weighted by atomic mass is 32.2. The zero-order chi connectivity index (χ0) is 27.6. The van der Waals surface area contributed by atoms with E-state index in [-0.39, 0.29) is 17.1 Å². The van der Waals surface area contributed by atoms with E-state index in [9.17, 15) is 9.90 Å². The molecule has 0 aliphatic heterocycles. The number of carboxylic acid groups (broad SMARTS) is 1. The van der Waals surface area contributed by atoms with Crippen molar-refractivity contribution in [3.05, 3.63) is 70.6 Å². The van der Waals surface area contributed by atoms with Crippen molar-refractivity contribution in [1.82, 2.24) is 0 Å². The second-order valence-electron chi connectivity index (χ2n) is 10.9. The molecule has 3 aromatic rings. The summed E-state index contributed by atoms with van der Waals surface area (Å²) in [5.41, 5.74) is 5.89. The van der Waals surface area contributed by atoms with Crippen molar-refractivity contribution < 1.29 is 24.1 Å².